The van der Waals surface area contributed by atoms with Crippen LogP contribution in [0, 0.1) is 0 Å². The minimum Gasteiger partial charge on any atom is -0.497 e. The minimum atomic E-state index is -1.08. The predicted octanol–water partition coefficient (Wildman–Crippen LogP) is 5.31. The highest BCUT2D eigenvalue weighted by Gasteiger charge is 2.36. The number of pyridine rings is 1. The quantitative estimate of drug-likeness (QED) is 0.328. The maximum Gasteiger partial charge on any atom is 0.336 e. The van der Waals surface area contributed by atoms with Gasteiger partial charge in [0.05, 0.1) is 23.9 Å². The van der Waals surface area contributed by atoms with Crippen LogP contribution in [0.1, 0.15) is 32.0 Å². The summed E-state index contributed by atoms with van der Waals surface area (Å²) in [6.07, 6.45) is 1.83. The lowest BCUT2D eigenvalue weighted by Gasteiger charge is -2.29. The molecule has 1 atom stereocenters. The van der Waals surface area contributed by atoms with Crippen molar-refractivity contribution in [3.63, 3.8) is 0 Å². The van der Waals surface area contributed by atoms with Gasteiger partial charge in [0.2, 0.25) is 5.91 Å². The van der Waals surface area contributed by atoms with Crippen LogP contribution in [0.5, 0.6) is 5.75 Å². The maximum atomic E-state index is 13.9. The molecule has 196 valence electrons. The second-order valence-corrected chi connectivity index (χ2v) is 9.51. The number of anilines is 1. The molecule has 2 heterocycles. The number of carboxylic acids is 1. The van der Waals surface area contributed by atoms with Crippen LogP contribution in [0.25, 0.3) is 11.1 Å². The van der Waals surface area contributed by atoms with Crippen molar-refractivity contribution in [1.29, 1.82) is 0 Å². The van der Waals surface area contributed by atoms with Crippen LogP contribution in [0.3, 0.4) is 0 Å². The van der Waals surface area contributed by atoms with Gasteiger partial charge in [-0.2, -0.15) is 0 Å². The summed E-state index contributed by atoms with van der Waals surface area (Å²) in [6, 6.07) is 21.3. The molecule has 2 N–H and O–H groups in total. The third-order valence-corrected chi connectivity index (χ3v) is 6.82. The van der Waals surface area contributed by atoms with Crippen molar-refractivity contribution in [3.8, 4) is 16.9 Å². The minimum absolute atomic E-state index is 0.0582. The van der Waals surface area contributed by atoms with Crippen molar-refractivity contribution >= 4 is 35.1 Å². The number of methoxy groups -OCH3 is 1. The molecule has 4 aromatic rings. The smallest absolute Gasteiger partial charge is 0.336 e. The number of nitrogens with one attached hydrogen (secondary N) is 1. The number of aromatic nitrogens is 1. The Morgan fingerprint density at radius 3 is 2.62 bits per heavy atom. The Balaban J connectivity index is 1.58. The highest BCUT2D eigenvalue weighted by Crippen LogP contribution is 2.31. The summed E-state index contributed by atoms with van der Waals surface area (Å²) in [5.74, 6) is -1.22. The lowest BCUT2D eigenvalue weighted by Crippen LogP contribution is -2.46. The third kappa shape index (κ3) is 5.46. The van der Waals surface area contributed by atoms with E-state index in [-0.39, 0.29) is 30.3 Å². The lowest BCUT2D eigenvalue weighted by atomic mass is 9.96. The first-order valence-corrected chi connectivity index (χ1v) is 12.5. The Hall–Kier alpha value is -4.69. The average Bonchev–Trinajstić information content (AvgIpc) is 3.03. The van der Waals surface area contributed by atoms with Gasteiger partial charge in [-0.3, -0.25) is 14.6 Å². The van der Waals surface area contributed by atoms with Gasteiger partial charge in [-0.1, -0.05) is 35.9 Å². The van der Waals surface area contributed by atoms with E-state index in [2.05, 4.69) is 10.3 Å². The molecule has 0 bridgehead atoms. The van der Waals surface area contributed by atoms with E-state index in [1.54, 1.807) is 72.9 Å². The third-order valence-electron chi connectivity index (χ3n) is 6.59. The first-order valence-electron chi connectivity index (χ1n) is 12.2. The molecule has 0 aliphatic carbocycles. The number of ether oxygens (including phenoxy) is 1. The van der Waals surface area contributed by atoms with Gasteiger partial charge in [0.1, 0.15) is 11.8 Å². The van der Waals surface area contributed by atoms with Crippen LogP contribution >= 0.6 is 11.6 Å². The van der Waals surface area contributed by atoms with Crippen LogP contribution in [-0.2, 0) is 17.8 Å². The lowest BCUT2D eigenvalue weighted by molar-refractivity contribution is -0.120. The molecule has 2 amide bonds. The van der Waals surface area contributed by atoms with Gasteiger partial charge in [0, 0.05) is 29.9 Å². The summed E-state index contributed by atoms with van der Waals surface area (Å²) in [6.45, 7) is 0.0582. The molecule has 1 aliphatic heterocycles. The fraction of sp³-hybridized carbons (Fsp3) is 0.133. The number of benzene rings is 3. The molecule has 0 saturated heterocycles. The Morgan fingerprint density at radius 2 is 1.87 bits per heavy atom. The monoisotopic (exact) mass is 541 g/mol. The molecule has 0 saturated carbocycles. The molecular formula is C30H24ClN3O5. The summed E-state index contributed by atoms with van der Waals surface area (Å²) in [7, 11) is 1.54. The van der Waals surface area contributed by atoms with E-state index < -0.39 is 12.0 Å². The molecule has 0 unspecified atom stereocenters. The van der Waals surface area contributed by atoms with E-state index in [4.69, 9.17) is 16.3 Å². The van der Waals surface area contributed by atoms with Crippen LogP contribution in [0.4, 0.5) is 5.69 Å². The van der Waals surface area contributed by atoms with Crippen molar-refractivity contribution in [2.75, 3.05) is 12.4 Å². The maximum absolute atomic E-state index is 13.9. The topological polar surface area (TPSA) is 109 Å². The van der Waals surface area contributed by atoms with E-state index in [0.29, 0.717) is 44.4 Å². The number of fused-ring (bicyclic) bond motifs is 1. The first-order chi connectivity index (χ1) is 18.8. The molecule has 0 radical (unpaired) electrons. The zero-order valence-corrected chi connectivity index (χ0v) is 21.7. The number of hydrogen-bond donors (Lipinski definition) is 2. The zero-order valence-electron chi connectivity index (χ0n) is 20.9. The SMILES string of the molecule is COc1cccc(-c2cc(CN3C(=O)c4ccc(Cl)cc4NC(=O)[C@H]3Cc3ccccn3)ccc2C(=O)O)c1. The fourth-order valence-corrected chi connectivity index (χ4v) is 4.84. The van der Waals surface area contributed by atoms with E-state index in [1.807, 2.05) is 6.07 Å². The van der Waals surface area contributed by atoms with Crippen molar-refractivity contribution in [1.82, 2.24) is 9.88 Å². The number of carbonyl (C=O) groups is 3. The second-order valence-electron chi connectivity index (χ2n) is 9.07. The molecule has 5 rings (SSSR count). The normalized spacial score (nSPS) is 14.8. The molecule has 39 heavy (non-hydrogen) atoms. The summed E-state index contributed by atoms with van der Waals surface area (Å²) in [5.41, 5.74) is 3.19. The number of nitrogens with zero attached hydrogens (tertiary/aromatic N) is 2. The number of halogens is 1. The fourth-order valence-electron chi connectivity index (χ4n) is 4.66. The van der Waals surface area contributed by atoms with Crippen molar-refractivity contribution < 1.29 is 24.2 Å². The number of hydrogen-bond acceptors (Lipinski definition) is 5. The van der Waals surface area contributed by atoms with Gasteiger partial charge in [-0.05, 0) is 71.3 Å². The van der Waals surface area contributed by atoms with E-state index in [9.17, 15) is 19.5 Å². The Labute approximate surface area is 229 Å². The van der Waals surface area contributed by atoms with Crippen LogP contribution in [0.2, 0.25) is 5.02 Å². The summed E-state index contributed by atoms with van der Waals surface area (Å²) < 4.78 is 5.32. The van der Waals surface area contributed by atoms with Gasteiger partial charge < -0.3 is 20.1 Å². The van der Waals surface area contributed by atoms with E-state index in [0.717, 1.165) is 0 Å². The van der Waals surface area contributed by atoms with Gasteiger partial charge in [-0.15, -0.1) is 0 Å². The van der Waals surface area contributed by atoms with Crippen molar-refractivity contribution in [2.24, 2.45) is 0 Å². The number of carboxylic acid groups (broad SMARTS) is 1. The summed E-state index contributed by atoms with van der Waals surface area (Å²) >= 11 is 6.15. The molecule has 1 aromatic heterocycles. The van der Waals surface area contributed by atoms with Gasteiger partial charge in [-0.25, -0.2) is 4.79 Å². The largest absolute Gasteiger partial charge is 0.497 e. The van der Waals surface area contributed by atoms with Crippen molar-refractivity contribution in [3.05, 3.63) is 112 Å². The highest BCUT2D eigenvalue weighted by atomic mass is 35.5. The summed E-state index contributed by atoms with van der Waals surface area (Å²) in [5, 5.41) is 13.1. The van der Waals surface area contributed by atoms with E-state index >= 15 is 0 Å². The second kappa shape index (κ2) is 11.0. The molecule has 3 aromatic carbocycles. The van der Waals surface area contributed by atoms with Crippen LogP contribution < -0.4 is 10.1 Å². The molecular weight excluding hydrogens is 518 g/mol. The Bertz CT molecular complexity index is 1570. The van der Waals surface area contributed by atoms with Crippen LogP contribution in [-0.4, -0.2) is 45.9 Å². The van der Waals surface area contributed by atoms with E-state index in [1.165, 1.54) is 18.1 Å². The Morgan fingerprint density at radius 1 is 1.03 bits per heavy atom. The summed E-state index contributed by atoms with van der Waals surface area (Å²) in [4.78, 5) is 45.2. The standard InChI is InChI=1S/C30H24ClN3O5/c1-39-22-7-4-5-19(14-22)25-13-18(8-10-23(25)30(37)38)17-34-27(16-21-6-2-3-12-32-21)28(35)33-26-15-20(31)9-11-24(26)29(34)36/h2-15,27H,16-17H2,1H3,(H,33,35)(H,37,38)/t27-/m1/s1. The molecule has 8 nitrogen and oxygen atoms in total. The number of rotatable bonds is 7. The Kier molecular flexibility index (Phi) is 7.29. The number of amides is 2. The van der Waals surface area contributed by atoms with Gasteiger partial charge in [0.25, 0.3) is 5.91 Å². The molecule has 1 aliphatic rings. The molecule has 0 fully saturated rings. The number of carbonyl (C=O) groups excluding carboxylic acids is 2. The van der Waals surface area contributed by atoms with Gasteiger partial charge in [0.15, 0.2) is 0 Å². The van der Waals surface area contributed by atoms with Gasteiger partial charge >= 0.3 is 5.97 Å². The predicted molar refractivity (Wildman–Crippen MR) is 147 cm³/mol. The molecule has 0 spiro atoms. The molecule has 9 heteroatoms. The number of aromatic carboxylic acids is 1. The van der Waals surface area contributed by atoms with Crippen LogP contribution in [0.15, 0.2) is 85.1 Å². The highest BCUT2D eigenvalue weighted by molar-refractivity contribution is 6.31. The average molecular weight is 542 g/mol. The first kappa shape index (κ1) is 25.9. The van der Waals surface area contributed by atoms with Crippen molar-refractivity contribution in [2.45, 2.75) is 19.0 Å². The zero-order chi connectivity index (χ0) is 27.5.